The zero-order valence-electron chi connectivity index (χ0n) is 20.0. The molecule has 36 heavy (non-hydrogen) atoms. The summed E-state index contributed by atoms with van der Waals surface area (Å²) >= 11 is 6.99. The maximum Gasteiger partial charge on any atom is 0.282 e. The lowest BCUT2D eigenvalue weighted by Crippen LogP contribution is -2.23. The van der Waals surface area contributed by atoms with Crippen LogP contribution in [0.4, 0.5) is 4.39 Å². The topological polar surface area (TPSA) is 65.7 Å². The molecule has 0 aliphatic rings. The number of fused-ring (bicyclic) bond motifs is 1. The van der Waals surface area contributed by atoms with Gasteiger partial charge in [0.1, 0.15) is 18.2 Å². The SMILES string of the molecule is CC[C@@H](C)c1nc2ccc(Br)cc2c(=O)n1N=Cc1cc(OC)c(OCc2ccc(F)cc2)cc1Br. The zero-order chi connectivity index (χ0) is 25.8. The monoisotopic (exact) mass is 615 g/mol. The highest BCUT2D eigenvalue weighted by atomic mass is 79.9. The van der Waals surface area contributed by atoms with Gasteiger partial charge in [0.15, 0.2) is 11.5 Å². The van der Waals surface area contributed by atoms with Crippen LogP contribution >= 0.6 is 31.9 Å². The first kappa shape index (κ1) is 26.0. The number of benzene rings is 3. The van der Waals surface area contributed by atoms with Crippen molar-refractivity contribution in [2.24, 2.45) is 5.10 Å². The lowest BCUT2D eigenvalue weighted by molar-refractivity contribution is 0.284. The lowest BCUT2D eigenvalue weighted by atomic mass is 10.1. The van der Waals surface area contributed by atoms with Crippen LogP contribution in [0.5, 0.6) is 11.5 Å². The van der Waals surface area contributed by atoms with E-state index in [0.717, 1.165) is 16.5 Å². The van der Waals surface area contributed by atoms with E-state index in [1.54, 1.807) is 43.7 Å². The predicted octanol–water partition coefficient (Wildman–Crippen LogP) is 7.04. The average Bonchev–Trinajstić information content (AvgIpc) is 2.88. The molecule has 1 aromatic heterocycles. The Balaban J connectivity index is 1.69. The van der Waals surface area contributed by atoms with E-state index >= 15 is 0 Å². The van der Waals surface area contributed by atoms with Crippen LogP contribution in [0.3, 0.4) is 0 Å². The number of hydrogen-bond donors (Lipinski definition) is 0. The summed E-state index contributed by atoms with van der Waals surface area (Å²) in [7, 11) is 1.55. The van der Waals surface area contributed by atoms with Gasteiger partial charge < -0.3 is 9.47 Å². The Morgan fingerprint density at radius 3 is 2.56 bits per heavy atom. The Bertz CT molecular complexity index is 1490. The molecule has 0 amide bonds. The summed E-state index contributed by atoms with van der Waals surface area (Å²) in [5.74, 6) is 1.34. The summed E-state index contributed by atoms with van der Waals surface area (Å²) in [5, 5.41) is 5.01. The number of aromatic nitrogens is 2. The standard InChI is InChI=1S/C27H24Br2FN3O3/c1-4-16(2)26-32-23-10-7-19(28)12-21(23)27(34)33(26)31-14-18-11-24(35-3)25(13-22(18)29)36-15-17-5-8-20(30)9-6-17/h5-14,16H,4,15H2,1-3H3/t16-/m1/s1. The minimum Gasteiger partial charge on any atom is -0.493 e. The fourth-order valence-corrected chi connectivity index (χ4v) is 4.35. The molecule has 0 saturated carbocycles. The summed E-state index contributed by atoms with van der Waals surface area (Å²) in [6.45, 7) is 4.32. The van der Waals surface area contributed by atoms with Gasteiger partial charge in [-0.1, -0.05) is 41.9 Å². The van der Waals surface area contributed by atoms with Gasteiger partial charge >= 0.3 is 0 Å². The quantitative estimate of drug-likeness (QED) is 0.199. The summed E-state index contributed by atoms with van der Waals surface area (Å²) in [4.78, 5) is 18.1. The van der Waals surface area contributed by atoms with E-state index < -0.39 is 0 Å². The van der Waals surface area contributed by atoms with Crippen LogP contribution in [0.2, 0.25) is 0 Å². The van der Waals surface area contributed by atoms with Crippen molar-refractivity contribution in [1.29, 1.82) is 0 Å². The Kier molecular flexibility index (Phi) is 8.21. The molecule has 1 atom stereocenters. The summed E-state index contributed by atoms with van der Waals surface area (Å²) in [6, 6.07) is 15.1. The minimum atomic E-state index is -0.299. The van der Waals surface area contributed by atoms with E-state index in [9.17, 15) is 9.18 Å². The van der Waals surface area contributed by atoms with Crippen molar-refractivity contribution in [2.45, 2.75) is 32.8 Å². The van der Waals surface area contributed by atoms with Crippen molar-refractivity contribution < 1.29 is 13.9 Å². The van der Waals surface area contributed by atoms with E-state index in [2.05, 4.69) is 37.0 Å². The van der Waals surface area contributed by atoms with Gasteiger partial charge in [-0.15, -0.1) is 0 Å². The molecule has 0 fully saturated rings. The summed E-state index contributed by atoms with van der Waals surface area (Å²) in [6.07, 6.45) is 2.40. The summed E-state index contributed by atoms with van der Waals surface area (Å²) in [5.41, 5.74) is 1.91. The molecule has 0 bridgehead atoms. The van der Waals surface area contributed by atoms with E-state index in [1.165, 1.54) is 16.8 Å². The Morgan fingerprint density at radius 1 is 1.11 bits per heavy atom. The zero-order valence-corrected chi connectivity index (χ0v) is 23.1. The predicted molar refractivity (Wildman–Crippen MR) is 147 cm³/mol. The highest BCUT2D eigenvalue weighted by Gasteiger charge is 2.16. The molecule has 0 unspecified atom stereocenters. The van der Waals surface area contributed by atoms with Crippen LogP contribution in [0, 0.1) is 5.82 Å². The molecule has 0 radical (unpaired) electrons. The molecule has 0 spiro atoms. The third-order valence-corrected chi connectivity index (χ3v) is 6.97. The number of hydrogen-bond acceptors (Lipinski definition) is 5. The van der Waals surface area contributed by atoms with E-state index in [1.807, 2.05) is 26.0 Å². The minimum absolute atomic E-state index is 0.0307. The van der Waals surface area contributed by atoms with Gasteiger partial charge in [0.2, 0.25) is 0 Å². The second-order valence-electron chi connectivity index (χ2n) is 8.24. The van der Waals surface area contributed by atoms with Crippen molar-refractivity contribution in [3.8, 4) is 11.5 Å². The molecule has 3 aromatic carbocycles. The van der Waals surface area contributed by atoms with Crippen LogP contribution in [-0.2, 0) is 6.61 Å². The van der Waals surface area contributed by atoms with Gasteiger partial charge in [-0.3, -0.25) is 4.79 Å². The Hall–Kier alpha value is -3.04. The molecule has 9 heteroatoms. The van der Waals surface area contributed by atoms with Gasteiger partial charge in [0, 0.05) is 20.4 Å². The Morgan fingerprint density at radius 2 is 1.86 bits per heavy atom. The molecule has 6 nitrogen and oxygen atoms in total. The van der Waals surface area contributed by atoms with Crippen molar-refractivity contribution in [1.82, 2.24) is 9.66 Å². The maximum absolute atomic E-state index is 13.4. The van der Waals surface area contributed by atoms with E-state index in [4.69, 9.17) is 14.5 Å². The third kappa shape index (κ3) is 5.68. The van der Waals surface area contributed by atoms with Gasteiger partial charge in [-0.25, -0.2) is 9.37 Å². The lowest BCUT2D eigenvalue weighted by Gasteiger charge is -2.15. The van der Waals surface area contributed by atoms with Gasteiger partial charge in [0.25, 0.3) is 5.56 Å². The van der Waals surface area contributed by atoms with E-state index in [0.29, 0.717) is 38.3 Å². The second-order valence-corrected chi connectivity index (χ2v) is 10.0. The molecule has 186 valence electrons. The molecule has 1 heterocycles. The highest BCUT2D eigenvalue weighted by molar-refractivity contribution is 9.10. The molecular formula is C27H24Br2FN3O3. The van der Waals surface area contributed by atoms with Crippen molar-refractivity contribution in [3.05, 3.63) is 96.7 Å². The number of methoxy groups -OCH3 is 1. The normalized spacial score (nSPS) is 12.3. The van der Waals surface area contributed by atoms with Crippen molar-refractivity contribution >= 4 is 49.0 Å². The first-order chi connectivity index (χ1) is 17.3. The van der Waals surface area contributed by atoms with E-state index in [-0.39, 0.29) is 23.9 Å². The Labute approximate surface area is 225 Å². The fraction of sp³-hybridized carbons (Fsp3) is 0.222. The fourth-order valence-electron chi connectivity index (χ4n) is 3.56. The molecule has 0 N–H and O–H groups in total. The van der Waals surface area contributed by atoms with Crippen LogP contribution in [0.1, 0.15) is 43.1 Å². The van der Waals surface area contributed by atoms with Crippen molar-refractivity contribution in [2.75, 3.05) is 7.11 Å². The highest BCUT2D eigenvalue weighted by Crippen LogP contribution is 2.33. The van der Waals surface area contributed by atoms with Gasteiger partial charge in [0.05, 0.1) is 24.2 Å². The maximum atomic E-state index is 13.4. The smallest absolute Gasteiger partial charge is 0.282 e. The first-order valence-electron chi connectivity index (χ1n) is 11.3. The molecule has 0 aliphatic carbocycles. The summed E-state index contributed by atoms with van der Waals surface area (Å²) < 4.78 is 27.5. The largest absolute Gasteiger partial charge is 0.493 e. The van der Waals surface area contributed by atoms with Gasteiger partial charge in [-0.2, -0.15) is 9.78 Å². The number of ether oxygens (including phenoxy) is 2. The van der Waals surface area contributed by atoms with Crippen molar-refractivity contribution in [3.63, 3.8) is 0 Å². The molecule has 0 saturated heterocycles. The van der Waals surface area contributed by atoms with Crippen LogP contribution in [0.25, 0.3) is 10.9 Å². The van der Waals surface area contributed by atoms with Crippen LogP contribution < -0.4 is 15.0 Å². The van der Waals surface area contributed by atoms with Gasteiger partial charge in [-0.05, 0) is 70.4 Å². The molecule has 4 rings (SSSR count). The number of nitrogens with zero attached hydrogens (tertiary/aromatic N) is 3. The first-order valence-corrected chi connectivity index (χ1v) is 12.9. The number of halogens is 3. The average molecular weight is 617 g/mol. The molecule has 4 aromatic rings. The van der Waals surface area contributed by atoms with Crippen LogP contribution in [-0.4, -0.2) is 23.0 Å². The second kappa shape index (κ2) is 11.3. The number of rotatable bonds is 8. The molecule has 0 aliphatic heterocycles. The molecular weight excluding hydrogens is 593 g/mol. The van der Waals surface area contributed by atoms with Crippen LogP contribution in [0.15, 0.2) is 73.4 Å². The third-order valence-electron chi connectivity index (χ3n) is 5.79.